The van der Waals surface area contributed by atoms with E-state index in [9.17, 15) is 4.79 Å². The summed E-state index contributed by atoms with van der Waals surface area (Å²) in [5.74, 6) is 0.910. The summed E-state index contributed by atoms with van der Waals surface area (Å²) in [5.41, 5.74) is 5.39. The summed E-state index contributed by atoms with van der Waals surface area (Å²) in [6.45, 7) is 5.84. The number of carbonyl (C=O) groups excluding carboxylic acids is 1. The normalized spacial score (nSPS) is 22.1. The van der Waals surface area contributed by atoms with Gasteiger partial charge in [0.25, 0.3) is 0 Å². The van der Waals surface area contributed by atoms with Gasteiger partial charge in [-0.1, -0.05) is 26.0 Å². The van der Waals surface area contributed by atoms with Gasteiger partial charge in [-0.2, -0.15) is 0 Å². The molecule has 0 saturated carbocycles. The number of aliphatic imine (C=N–C) groups is 1. The van der Waals surface area contributed by atoms with Crippen LogP contribution in [0.5, 0.6) is 5.75 Å². The van der Waals surface area contributed by atoms with Crippen LogP contribution in [0.25, 0.3) is 10.9 Å². The van der Waals surface area contributed by atoms with E-state index in [1.165, 1.54) is 0 Å². The second-order valence-corrected chi connectivity index (χ2v) is 9.01. The molecule has 1 N–H and O–H groups in total. The van der Waals surface area contributed by atoms with E-state index < -0.39 is 0 Å². The molecule has 6 rings (SSSR count). The third-order valence-corrected chi connectivity index (χ3v) is 6.69. The molecule has 0 radical (unpaired) electrons. The third kappa shape index (κ3) is 2.65. The molecule has 30 heavy (non-hydrogen) atoms. The minimum Gasteiger partial charge on any atom is -0.490 e. The fourth-order valence-electron chi connectivity index (χ4n) is 4.89. The molecule has 1 aliphatic carbocycles. The van der Waals surface area contributed by atoms with E-state index in [-0.39, 0.29) is 23.3 Å². The van der Waals surface area contributed by atoms with Crippen LogP contribution in [0.3, 0.4) is 0 Å². The van der Waals surface area contributed by atoms with Crippen LogP contribution >= 0.6 is 0 Å². The molecule has 0 bridgehead atoms. The molecule has 0 spiro atoms. The first-order valence-electron chi connectivity index (χ1n) is 10.7. The Morgan fingerprint density at radius 3 is 2.70 bits per heavy atom. The number of aromatic nitrogens is 1. The van der Waals surface area contributed by atoms with Crippen LogP contribution < -0.4 is 4.74 Å². The van der Waals surface area contributed by atoms with Crippen molar-refractivity contribution in [2.75, 3.05) is 13.2 Å². The summed E-state index contributed by atoms with van der Waals surface area (Å²) in [6, 6.07) is 12.4. The van der Waals surface area contributed by atoms with Gasteiger partial charge >= 0.3 is 0 Å². The zero-order valence-electron chi connectivity index (χ0n) is 17.2. The first kappa shape index (κ1) is 17.9. The summed E-state index contributed by atoms with van der Waals surface area (Å²) in [4.78, 5) is 21.3. The Hall–Kier alpha value is -2.92. The molecular formula is C25H24N2O3. The maximum absolute atomic E-state index is 13.5. The summed E-state index contributed by atoms with van der Waals surface area (Å²) >= 11 is 0. The molecule has 5 nitrogen and oxygen atoms in total. The Labute approximate surface area is 175 Å². The first-order valence-corrected chi connectivity index (χ1v) is 10.7. The molecule has 3 aliphatic rings. The van der Waals surface area contributed by atoms with Crippen molar-refractivity contribution in [3.63, 3.8) is 0 Å². The Morgan fingerprint density at radius 2 is 1.93 bits per heavy atom. The highest BCUT2D eigenvalue weighted by atomic mass is 16.5. The molecule has 1 aromatic heterocycles. The number of benzene rings is 2. The average Bonchev–Trinajstić information content (AvgIpc) is 3.52. The lowest BCUT2D eigenvalue weighted by Crippen LogP contribution is -2.31. The fraction of sp³-hybridized carbons (Fsp3) is 0.360. The number of hydrogen-bond acceptors (Lipinski definition) is 4. The van der Waals surface area contributed by atoms with E-state index >= 15 is 0 Å². The molecule has 5 heteroatoms. The number of ether oxygens (including phenoxy) is 2. The van der Waals surface area contributed by atoms with Crippen molar-refractivity contribution in [2.45, 2.75) is 44.2 Å². The van der Waals surface area contributed by atoms with Crippen LogP contribution in [0.15, 0.2) is 41.4 Å². The van der Waals surface area contributed by atoms with Gasteiger partial charge in [-0.15, -0.1) is 0 Å². The van der Waals surface area contributed by atoms with E-state index in [1.54, 1.807) is 0 Å². The standard InChI is InChI=1S/C25H24N2O3/c1-25(2)19-12-16(30-15-7-9-29-10-8-15)4-6-17(19)23(28)22-18-5-3-14(21-13-26-21)11-20(18)27-24(22)25/h3-6,11-13,15,21,27H,7-10H2,1-2H3. The smallest absolute Gasteiger partial charge is 0.195 e. The second-order valence-electron chi connectivity index (χ2n) is 9.01. The van der Waals surface area contributed by atoms with Gasteiger partial charge in [0.15, 0.2) is 5.78 Å². The van der Waals surface area contributed by atoms with Crippen molar-refractivity contribution in [1.29, 1.82) is 0 Å². The van der Waals surface area contributed by atoms with E-state index in [0.717, 1.165) is 70.7 Å². The van der Waals surface area contributed by atoms with Gasteiger partial charge in [-0.3, -0.25) is 9.79 Å². The summed E-state index contributed by atoms with van der Waals surface area (Å²) in [7, 11) is 0. The summed E-state index contributed by atoms with van der Waals surface area (Å²) < 4.78 is 11.7. The fourth-order valence-corrected chi connectivity index (χ4v) is 4.89. The van der Waals surface area contributed by atoms with Crippen LogP contribution in [0.1, 0.15) is 65.5 Å². The van der Waals surface area contributed by atoms with Gasteiger partial charge in [0.2, 0.25) is 0 Å². The van der Waals surface area contributed by atoms with Crippen LogP contribution in [-0.4, -0.2) is 36.3 Å². The highest BCUT2D eigenvalue weighted by Gasteiger charge is 2.40. The lowest BCUT2D eigenvalue weighted by molar-refractivity contribution is 0.0255. The van der Waals surface area contributed by atoms with Gasteiger partial charge in [-0.25, -0.2) is 0 Å². The van der Waals surface area contributed by atoms with Crippen LogP contribution in [0.2, 0.25) is 0 Å². The number of ketones is 1. The Bertz CT molecular complexity index is 1210. The van der Waals surface area contributed by atoms with Gasteiger partial charge in [0.05, 0.1) is 18.8 Å². The molecule has 1 saturated heterocycles. The molecule has 0 amide bonds. The van der Waals surface area contributed by atoms with Crippen molar-refractivity contribution in [3.05, 3.63) is 64.3 Å². The topological polar surface area (TPSA) is 63.7 Å². The number of carbonyl (C=O) groups is 1. The van der Waals surface area contributed by atoms with Crippen molar-refractivity contribution < 1.29 is 14.3 Å². The number of nitrogens with one attached hydrogen (secondary N) is 1. The largest absolute Gasteiger partial charge is 0.490 e. The lowest BCUT2D eigenvalue weighted by atomic mass is 9.71. The predicted molar refractivity (Wildman–Crippen MR) is 116 cm³/mol. The summed E-state index contributed by atoms with van der Waals surface area (Å²) in [6.07, 6.45) is 3.91. The van der Waals surface area contributed by atoms with Crippen LogP contribution in [-0.2, 0) is 10.2 Å². The number of fused-ring (bicyclic) bond motifs is 4. The number of rotatable bonds is 3. The Kier molecular flexibility index (Phi) is 3.75. The number of aromatic amines is 1. The summed E-state index contributed by atoms with van der Waals surface area (Å²) in [5, 5.41) is 0.987. The maximum Gasteiger partial charge on any atom is 0.195 e. The Morgan fingerprint density at radius 1 is 1.13 bits per heavy atom. The van der Waals surface area contributed by atoms with E-state index in [4.69, 9.17) is 9.47 Å². The molecule has 1 fully saturated rings. The highest BCUT2D eigenvalue weighted by molar-refractivity contribution is 6.20. The van der Waals surface area contributed by atoms with Crippen molar-refractivity contribution in [2.24, 2.45) is 4.99 Å². The SMILES string of the molecule is CC1(C)c2cc(OC3CCOCC3)ccc2C(=O)c2c1[nH]c1cc(C3C=N3)ccc21. The number of hydrogen-bond donors (Lipinski definition) is 1. The van der Waals surface area contributed by atoms with Gasteiger partial charge < -0.3 is 14.5 Å². The molecule has 3 aromatic rings. The van der Waals surface area contributed by atoms with Gasteiger partial charge in [0, 0.05) is 46.6 Å². The number of H-pyrrole nitrogens is 1. The van der Waals surface area contributed by atoms with Crippen molar-refractivity contribution in [1.82, 2.24) is 4.98 Å². The maximum atomic E-state index is 13.5. The predicted octanol–water partition coefficient (Wildman–Crippen LogP) is 4.72. The van der Waals surface area contributed by atoms with E-state index in [1.807, 2.05) is 18.3 Å². The quantitative estimate of drug-likeness (QED) is 0.692. The van der Waals surface area contributed by atoms with Crippen LogP contribution in [0, 0.1) is 0 Å². The van der Waals surface area contributed by atoms with Gasteiger partial charge in [-0.05, 0) is 35.4 Å². The first-order chi connectivity index (χ1) is 14.5. The molecule has 3 heterocycles. The van der Waals surface area contributed by atoms with Crippen molar-refractivity contribution in [3.8, 4) is 5.75 Å². The monoisotopic (exact) mass is 400 g/mol. The molecule has 2 aromatic carbocycles. The van der Waals surface area contributed by atoms with Crippen LogP contribution in [0.4, 0.5) is 0 Å². The molecule has 1 atom stereocenters. The van der Waals surface area contributed by atoms with E-state index in [2.05, 4.69) is 48.1 Å². The third-order valence-electron chi connectivity index (χ3n) is 6.69. The molecule has 2 aliphatic heterocycles. The minimum absolute atomic E-state index is 0.0820. The minimum atomic E-state index is -0.330. The zero-order chi connectivity index (χ0) is 20.5. The van der Waals surface area contributed by atoms with Gasteiger partial charge in [0.1, 0.15) is 17.9 Å². The van der Waals surface area contributed by atoms with E-state index in [0.29, 0.717) is 0 Å². The highest BCUT2D eigenvalue weighted by Crippen LogP contribution is 2.45. The molecular weight excluding hydrogens is 376 g/mol. The zero-order valence-corrected chi connectivity index (χ0v) is 17.2. The van der Waals surface area contributed by atoms with Crippen molar-refractivity contribution >= 4 is 22.9 Å². The Balaban J connectivity index is 1.43. The molecule has 1 unspecified atom stereocenters. The molecule has 152 valence electrons. The second kappa shape index (κ2) is 6.29. The number of nitrogens with zero attached hydrogens (tertiary/aromatic N) is 1. The lowest BCUT2D eigenvalue weighted by Gasteiger charge is -2.33. The average molecular weight is 400 g/mol.